The second-order valence-corrected chi connectivity index (χ2v) is 5.52. The zero-order valence-electron chi connectivity index (χ0n) is 11.2. The van der Waals surface area contributed by atoms with Gasteiger partial charge in [0.1, 0.15) is 5.75 Å². The van der Waals surface area contributed by atoms with Crippen LogP contribution in [-0.4, -0.2) is 17.7 Å². The minimum absolute atomic E-state index is 0.0536. The van der Waals surface area contributed by atoms with Crippen molar-refractivity contribution in [1.29, 1.82) is 0 Å². The zero-order chi connectivity index (χ0) is 14.4. The number of hydrogen-bond acceptors (Lipinski definition) is 3. The van der Waals surface area contributed by atoms with Gasteiger partial charge in [-0.25, -0.2) is 0 Å². The zero-order valence-corrected chi connectivity index (χ0v) is 12.8. The summed E-state index contributed by atoms with van der Waals surface area (Å²) in [6.07, 6.45) is 0.790. The maximum absolute atomic E-state index is 10.6. The Morgan fingerprint density at radius 3 is 2.74 bits per heavy atom. The maximum atomic E-state index is 10.6. The molecular weight excluding hydrogens is 310 g/mol. The van der Waals surface area contributed by atoms with E-state index in [0.717, 1.165) is 15.8 Å². The maximum Gasteiger partial charge on any atom is 0.303 e. The van der Waals surface area contributed by atoms with Crippen LogP contribution in [0.25, 0.3) is 0 Å². The molecule has 0 spiro atoms. The van der Waals surface area contributed by atoms with Gasteiger partial charge >= 0.3 is 5.97 Å². The first-order valence-electron chi connectivity index (χ1n) is 6.33. The first-order chi connectivity index (χ1) is 8.93. The van der Waals surface area contributed by atoms with Crippen LogP contribution in [0.3, 0.4) is 0 Å². The van der Waals surface area contributed by atoms with Crippen LogP contribution in [0, 0.1) is 5.92 Å². The summed E-state index contributed by atoms with van der Waals surface area (Å²) >= 11 is 3.45. The van der Waals surface area contributed by atoms with Crippen molar-refractivity contribution >= 4 is 21.9 Å². The fraction of sp³-hybridized carbons (Fsp3) is 0.500. The number of rotatable bonds is 7. The highest BCUT2D eigenvalue weighted by Crippen LogP contribution is 2.30. The highest BCUT2D eigenvalue weighted by atomic mass is 79.9. The fourth-order valence-electron chi connectivity index (χ4n) is 1.97. The summed E-state index contributed by atoms with van der Waals surface area (Å²) in [6.45, 7) is 4.44. The van der Waals surface area contributed by atoms with Crippen LogP contribution < -0.4 is 10.5 Å². The lowest BCUT2D eigenvalue weighted by atomic mass is 9.94. The van der Waals surface area contributed by atoms with E-state index in [0.29, 0.717) is 13.0 Å². The lowest BCUT2D eigenvalue weighted by Gasteiger charge is -2.17. The van der Waals surface area contributed by atoms with Crippen molar-refractivity contribution in [3.63, 3.8) is 0 Å². The molecule has 0 aliphatic rings. The van der Waals surface area contributed by atoms with E-state index in [1.54, 1.807) is 0 Å². The molecule has 4 nitrogen and oxygen atoms in total. The van der Waals surface area contributed by atoms with Crippen LogP contribution in [0.5, 0.6) is 5.75 Å². The van der Waals surface area contributed by atoms with E-state index in [-0.39, 0.29) is 18.4 Å². The van der Waals surface area contributed by atoms with Gasteiger partial charge in [0.25, 0.3) is 0 Å². The smallest absolute Gasteiger partial charge is 0.303 e. The number of carbonyl (C=O) groups is 1. The Kier molecular flexibility index (Phi) is 6.31. The Hall–Kier alpha value is -1.07. The predicted octanol–water partition coefficient (Wildman–Crippen LogP) is 3.35. The van der Waals surface area contributed by atoms with Crippen LogP contribution in [0.4, 0.5) is 0 Å². The lowest BCUT2D eigenvalue weighted by molar-refractivity contribution is -0.138. The molecule has 0 bridgehead atoms. The first-order valence-corrected chi connectivity index (χ1v) is 7.13. The molecule has 19 heavy (non-hydrogen) atoms. The van der Waals surface area contributed by atoms with Crippen molar-refractivity contribution in [2.24, 2.45) is 11.7 Å². The van der Waals surface area contributed by atoms with E-state index in [9.17, 15) is 4.79 Å². The quantitative estimate of drug-likeness (QED) is 0.804. The van der Waals surface area contributed by atoms with Crippen LogP contribution in [0.1, 0.15) is 38.3 Å². The molecule has 1 rings (SSSR count). The van der Waals surface area contributed by atoms with Gasteiger partial charge in [-0.2, -0.15) is 0 Å². The van der Waals surface area contributed by atoms with Crippen molar-refractivity contribution in [2.45, 2.75) is 32.7 Å². The third-order valence-corrected chi connectivity index (χ3v) is 3.48. The number of nitrogens with two attached hydrogens (primary N) is 1. The fourth-order valence-corrected chi connectivity index (χ4v) is 2.48. The summed E-state index contributed by atoms with van der Waals surface area (Å²) in [5, 5.41) is 8.74. The van der Waals surface area contributed by atoms with Crippen molar-refractivity contribution in [3.05, 3.63) is 28.2 Å². The van der Waals surface area contributed by atoms with Crippen molar-refractivity contribution in [1.82, 2.24) is 0 Å². The highest BCUT2D eigenvalue weighted by Gasteiger charge is 2.15. The van der Waals surface area contributed by atoms with Gasteiger partial charge in [-0.15, -0.1) is 0 Å². The minimum atomic E-state index is -0.785. The molecule has 5 heteroatoms. The second-order valence-electron chi connectivity index (χ2n) is 4.67. The number of aliphatic carboxylic acids is 1. The summed E-state index contributed by atoms with van der Waals surface area (Å²) in [4.78, 5) is 10.6. The monoisotopic (exact) mass is 329 g/mol. The molecule has 0 aromatic heterocycles. The van der Waals surface area contributed by atoms with E-state index >= 15 is 0 Å². The van der Waals surface area contributed by atoms with Crippen LogP contribution in [0.15, 0.2) is 22.7 Å². The van der Waals surface area contributed by atoms with Gasteiger partial charge in [-0.1, -0.05) is 13.0 Å². The summed E-state index contributed by atoms with van der Waals surface area (Å²) < 4.78 is 6.31. The van der Waals surface area contributed by atoms with Crippen LogP contribution in [0.2, 0.25) is 0 Å². The van der Waals surface area contributed by atoms with Gasteiger partial charge in [0.05, 0.1) is 11.1 Å². The van der Waals surface area contributed by atoms with Crippen LogP contribution in [-0.2, 0) is 4.79 Å². The van der Waals surface area contributed by atoms with Gasteiger partial charge in [-0.3, -0.25) is 4.79 Å². The topological polar surface area (TPSA) is 72.5 Å². The van der Waals surface area contributed by atoms with Crippen LogP contribution >= 0.6 is 15.9 Å². The summed E-state index contributed by atoms with van der Waals surface area (Å²) in [7, 11) is 0. The largest absolute Gasteiger partial charge is 0.493 e. The Labute approximate surface area is 122 Å². The Morgan fingerprint density at radius 1 is 1.53 bits per heavy atom. The average molecular weight is 330 g/mol. The summed E-state index contributed by atoms with van der Waals surface area (Å²) in [6, 6.07) is 5.57. The third kappa shape index (κ3) is 5.20. The Bertz CT molecular complexity index is 437. The number of ether oxygens (including phenoxy) is 1. The molecule has 0 saturated heterocycles. The van der Waals surface area contributed by atoms with E-state index in [1.807, 2.05) is 32.0 Å². The molecule has 1 aromatic rings. The SMILES string of the molecule is CCOc1ccc(C(N)CC(C)CC(=O)O)cc1Br. The molecule has 106 valence electrons. The van der Waals surface area contributed by atoms with Gasteiger partial charge in [0.15, 0.2) is 0 Å². The number of hydrogen-bond donors (Lipinski definition) is 2. The number of carboxylic acids is 1. The van der Waals surface area contributed by atoms with Gasteiger partial charge in [0.2, 0.25) is 0 Å². The molecular formula is C14H20BrNO3. The van der Waals surface area contributed by atoms with Gasteiger partial charge < -0.3 is 15.6 Å². The molecule has 1 aromatic carbocycles. The predicted molar refractivity (Wildman–Crippen MR) is 78.3 cm³/mol. The summed E-state index contributed by atoms with van der Waals surface area (Å²) in [5.74, 6) is 0.0578. The molecule has 3 N–H and O–H groups in total. The van der Waals surface area contributed by atoms with E-state index in [2.05, 4.69) is 15.9 Å². The molecule has 0 heterocycles. The number of halogens is 1. The van der Waals surface area contributed by atoms with E-state index < -0.39 is 5.97 Å². The number of benzene rings is 1. The number of carboxylic acid groups (broad SMARTS) is 1. The second kappa shape index (κ2) is 7.50. The van der Waals surface area contributed by atoms with Crippen molar-refractivity contribution < 1.29 is 14.6 Å². The highest BCUT2D eigenvalue weighted by molar-refractivity contribution is 9.10. The van der Waals surface area contributed by atoms with Gasteiger partial charge in [0, 0.05) is 12.5 Å². The molecule has 0 radical (unpaired) electrons. The molecule has 0 aliphatic heterocycles. The molecule has 0 fully saturated rings. The van der Waals surface area contributed by atoms with Crippen molar-refractivity contribution in [3.8, 4) is 5.75 Å². The molecule has 0 amide bonds. The van der Waals surface area contributed by atoms with E-state index in [4.69, 9.17) is 15.6 Å². The average Bonchev–Trinajstić information content (AvgIpc) is 2.30. The Morgan fingerprint density at radius 2 is 2.21 bits per heavy atom. The van der Waals surface area contributed by atoms with Gasteiger partial charge in [-0.05, 0) is 52.9 Å². The molecule has 2 atom stereocenters. The minimum Gasteiger partial charge on any atom is -0.493 e. The first kappa shape index (κ1) is 16.0. The Balaban J connectivity index is 2.69. The lowest BCUT2D eigenvalue weighted by Crippen LogP contribution is -2.16. The molecule has 2 unspecified atom stereocenters. The van der Waals surface area contributed by atoms with E-state index in [1.165, 1.54) is 0 Å². The standard InChI is InChI=1S/C14H20BrNO3/c1-3-19-13-5-4-10(8-11(13)15)12(16)6-9(2)7-14(17)18/h4-5,8-9,12H,3,6-7,16H2,1-2H3,(H,17,18). The normalized spacial score (nSPS) is 13.9. The molecule has 0 saturated carbocycles. The third-order valence-electron chi connectivity index (χ3n) is 2.86. The summed E-state index contributed by atoms with van der Waals surface area (Å²) in [5.41, 5.74) is 7.09. The molecule has 0 aliphatic carbocycles. The van der Waals surface area contributed by atoms with Crippen molar-refractivity contribution in [2.75, 3.05) is 6.61 Å².